The first-order chi connectivity index (χ1) is 9.61. The van der Waals surface area contributed by atoms with Crippen molar-refractivity contribution in [3.8, 4) is 0 Å². The summed E-state index contributed by atoms with van der Waals surface area (Å²) < 4.78 is 0. The van der Waals surface area contributed by atoms with Crippen LogP contribution >= 0.6 is 0 Å². The fraction of sp³-hybridized carbons (Fsp3) is 0.941. The Morgan fingerprint density at radius 1 is 1.25 bits per heavy atom. The summed E-state index contributed by atoms with van der Waals surface area (Å²) in [5.41, 5.74) is 0.466. The summed E-state index contributed by atoms with van der Waals surface area (Å²) in [6.45, 7) is 6.59. The van der Waals surface area contributed by atoms with E-state index in [4.69, 9.17) is 0 Å². The van der Waals surface area contributed by atoms with Crippen LogP contribution in [-0.2, 0) is 4.79 Å². The van der Waals surface area contributed by atoms with Crippen LogP contribution in [0.5, 0.6) is 0 Å². The topological polar surface area (TPSA) is 32.3 Å². The third-order valence-electron chi connectivity index (χ3n) is 6.30. The van der Waals surface area contributed by atoms with Crippen LogP contribution in [0.25, 0.3) is 0 Å². The number of amides is 1. The van der Waals surface area contributed by atoms with Crippen LogP contribution in [0.2, 0.25) is 0 Å². The highest BCUT2D eigenvalue weighted by Crippen LogP contribution is 2.36. The summed E-state index contributed by atoms with van der Waals surface area (Å²) in [6.07, 6.45) is 9.99. The first-order valence-electron chi connectivity index (χ1n) is 8.66. The van der Waals surface area contributed by atoms with Gasteiger partial charge in [-0.05, 0) is 43.4 Å². The number of hydrogen-bond acceptors (Lipinski definition) is 2. The summed E-state index contributed by atoms with van der Waals surface area (Å²) >= 11 is 0. The third-order valence-corrected chi connectivity index (χ3v) is 6.30. The Balaban J connectivity index is 1.55. The third kappa shape index (κ3) is 2.74. The number of piperidine rings is 1. The molecule has 1 saturated carbocycles. The molecular weight excluding hydrogens is 248 g/mol. The van der Waals surface area contributed by atoms with Gasteiger partial charge in [0.25, 0.3) is 0 Å². The van der Waals surface area contributed by atoms with E-state index < -0.39 is 0 Å². The van der Waals surface area contributed by atoms with Crippen molar-refractivity contribution in [3.63, 3.8) is 0 Å². The Bertz CT molecular complexity index is 346. The minimum Gasteiger partial charge on any atom is -0.341 e. The summed E-state index contributed by atoms with van der Waals surface area (Å²) in [6, 6.07) is 0.748. The highest BCUT2D eigenvalue weighted by atomic mass is 16.2. The first-order valence-corrected chi connectivity index (χ1v) is 8.66. The molecule has 3 atom stereocenters. The highest BCUT2D eigenvalue weighted by molar-refractivity contribution is 5.82. The molecule has 2 heterocycles. The van der Waals surface area contributed by atoms with Gasteiger partial charge in [0, 0.05) is 19.1 Å². The largest absolute Gasteiger partial charge is 0.341 e. The average molecular weight is 278 g/mol. The number of hydrogen-bond donors (Lipinski definition) is 1. The zero-order valence-corrected chi connectivity index (χ0v) is 13.2. The number of fused-ring (bicyclic) bond motifs is 1. The standard InChI is InChI=1S/C17H30N2O/c1-3-17(2)8-10-19(11-9-17)16(20)15-12-13-6-4-5-7-14(13)18-15/h13-15,18H,3-12H2,1-2H3. The second-order valence-corrected chi connectivity index (χ2v) is 7.60. The van der Waals surface area contributed by atoms with Crippen molar-refractivity contribution in [1.29, 1.82) is 0 Å². The molecule has 3 fully saturated rings. The maximum absolute atomic E-state index is 12.7. The molecule has 1 aliphatic carbocycles. The number of carbonyl (C=O) groups excluding carboxylic acids is 1. The molecule has 0 aromatic rings. The van der Waals surface area contributed by atoms with E-state index in [1.807, 2.05) is 0 Å². The predicted molar refractivity (Wildman–Crippen MR) is 81.5 cm³/mol. The molecule has 3 nitrogen and oxygen atoms in total. The van der Waals surface area contributed by atoms with Crippen LogP contribution in [-0.4, -0.2) is 36.0 Å². The highest BCUT2D eigenvalue weighted by Gasteiger charge is 2.41. The molecule has 114 valence electrons. The van der Waals surface area contributed by atoms with Gasteiger partial charge in [0.2, 0.25) is 5.91 Å². The maximum Gasteiger partial charge on any atom is 0.239 e. The lowest BCUT2D eigenvalue weighted by Gasteiger charge is -2.39. The zero-order valence-electron chi connectivity index (χ0n) is 13.2. The summed E-state index contributed by atoms with van der Waals surface area (Å²) in [7, 11) is 0. The quantitative estimate of drug-likeness (QED) is 0.842. The minimum absolute atomic E-state index is 0.120. The Labute approximate surface area is 123 Å². The molecule has 0 radical (unpaired) electrons. The summed E-state index contributed by atoms with van der Waals surface area (Å²) in [5.74, 6) is 1.15. The van der Waals surface area contributed by atoms with Crippen molar-refractivity contribution in [2.45, 2.75) is 77.3 Å². The molecular formula is C17H30N2O. The number of likely N-dealkylation sites (tertiary alicyclic amines) is 1. The Hall–Kier alpha value is -0.570. The van der Waals surface area contributed by atoms with E-state index in [1.165, 1.54) is 44.9 Å². The van der Waals surface area contributed by atoms with Gasteiger partial charge in [0.15, 0.2) is 0 Å². The minimum atomic E-state index is 0.120. The maximum atomic E-state index is 12.7. The van der Waals surface area contributed by atoms with Crippen molar-refractivity contribution >= 4 is 5.91 Å². The van der Waals surface area contributed by atoms with Crippen LogP contribution in [0.15, 0.2) is 0 Å². The van der Waals surface area contributed by atoms with E-state index >= 15 is 0 Å². The average Bonchev–Trinajstić information content (AvgIpc) is 2.91. The molecule has 0 spiro atoms. The van der Waals surface area contributed by atoms with E-state index in [0.29, 0.717) is 17.4 Å². The van der Waals surface area contributed by atoms with Crippen molar-refractivity contribution < 1.29 is 4.79 Å². The molecule has 2 saturated heterocycles. The molecule has 2 aliphatic heterocycles. The zero-order chi connectivity index (χ0) is 14.2. The molecule has 3 unspecified atom stereocenters. The van der Waals surface area contributed by atoms with Crippen LogP contribution in [0, 0.1) is 11.3 Å². The number of nitrogens with one attached hydrogen (secondary N) is 1. The lowest BCUT2D eigenvalue weighted by molar-refractivity contribution is -0.135. The second kappa shape index (κ2) is 5.67. The predicted octanol–water partition coefficient (Wildman–Crippen LogP) is 2.95. The first kappa shape index (κ1) is 14.4. The van der Waals surface area contributed by atoms with Gasteiger partial charge in [0.1, 0.15) is 0 Å². The van der Waals surface area contributed by atoms with Gasteiger partial charge in [0.05, 0.1) is 6.04 Å². The molecule has 3 rings (SSSR count). The SMILES string of the molecule is CCC1(C)CCN(C(=O)C2CC3CCCCC3N2)CC1. The van der Waals surface area contributed by atoms with E-state index in [0.717, 1.165) is 25.4 Å². The summed E-state index contributed by atoms with van der Waals surface area (Å²) in [4.78, 5) is 14.8. The van der Waals surface area contributed by atoms with E-state index in [1.54, 1.807) is 0 Å². The number of carbonyl (C=O) groups is 1. The van der Waals surface area contributed by atoms with Gasteiger partial charge in [-0.2, -0.15) is 0 Å². The Kier molecular flexibility index (Phi) is 4.07. The van der Waals surface area contributed by atoms with Crippen LogP contribution in [0.4, 0.5) is 0 Å². The monoisotopic (exact) mass is 278 g/mol. The van der Waals surface area contributed by atoms with Gasteiger partial charge in [-0.15, -0.1) is 0 Å². The smallest absolute Gasteiger partial charge is 0.239 e. The number of rotatable bonds is 2. The van der Waals surface area contributed by atoms with E-state index in [9.17, 15) is 4.79 Å². The van der Waals surface area contributed by atoms with Gasteiger partial charge < -0.3 is 10.2 Å². The molecule has 20 heavy (non-hydrogen) atoms. The normalized spacial score (nSPS) is 36.7. The summed E-state index contributed by atoms with van der Waals surface area (Å²) in [5, 5.41) is 3.63. The van der Waals surface area contributed by atoms with Gasteiger partial charge in [-0.25, -0.2) is 0 Å². The van der Waals surface area contributed by atoms with Crippen LogP contribution in [0.3, 0.4) is 0 Å². The van der Waals surface area contributed by atoms with Crippen molar-refractivity contribution in [2.75, 3.05) is 13.1 Å². The fourth-order valence-electron chi connectivity index (χ4n) is 4.35. The van der Waals surface area contributed by atoms with Crippen molar-refractivity contribution in [1.82, 2.24) is 10.2 Å². The second-order valence-electron chi connectivity index (χ2n) is 7.60. The van der Waals surface area contributed by atoms with Gasteiger partial charge in [-0.1, -0.05) is 33.1 Å². The molecule has 0 bridgehead atoms. The van der Waals surface area contributed by atoms with Gasteiger partial charge in [-0.3, -0.25) is 4.79 Å². The molecule has 1 amide bonds. The lowest BCUT2D eigenvalue weighted by atomic mass is 9.78. The molecule has 3 aliphatic rings. The van der Waals surface area contributed by atoms with E-state index in [2.05, 4.69) is 24.1 Å². The molecule has 0 aromatic heterocycles. The van der Waals surface area contributed by atoms with Crippen molar-refractivity contribution in [3.05, 3.63) is 0 Å². The van der Waals surface area contributed by atoms with Gasteiger partial charge >= 0.3 is 0 Å². The number of nitrogens with zero attached hydrogens (tertiary/aromatic N) is 1. The fourth-order valence-corrected chi connectivity index (χ4v) is 4.35. The molecule has 0 aromatic carbocycles. The Morgan fingerprint density at radius 3 is 2.60 bits per heavy atom. The van der Waals surface area contributed by atoms with Crippen LogP contribution < -0.4 is 5.32 Å². The Morgan fingerprint density at radius 2 is 1.95 bits per heavy atom. The lowest BCUT2D eigenvalue weighted by Crippen LogP contribution is -2.49. The van der Waals surface area contributed by atoms with Crippen LogP contribution in [0.1, 0.15) is 65.2 Å². The van der Waals surface area contributed by atoms with E-state index in [-0.39, 0.29) is 6.04 Å². The van der Waals surface area contributed by atoms with Crippen molar-refractivity contribution in [2.24, 2.45) is 11.3 Å². The molecule has 1 N–H and O–H groups in total. The molecule has 3 heteroatoms.